The minimum atomic E-state index is -4.17. The van der Waals surface area contributed by atoms with E-state index in [1.807, 2.05) is 0 Å². The summed E-state index contributed by atoms with van der Waals surface area (Å²) in [6.45, 7) is 1.65. The molecule has 0 fully saturated rings. The van der Waals surface area contributed by atoms with Crippen LogP contribution in [0.1, 0.15) is 13.3 Å². The van der Waals surface area contributed by atoms with Crippen LogP contribution in [0.5, 0.6) is 0 Å². The van der Waals surface area contributed by atoms with Crippen LogP contribution in [0.15, 0.2) is 22.8 Å². The molecule has 0 aromatic heterocycles. The van der Waals surface area contributed by atoms with E-state index >= 15 is 0 Å². The molecule has 1 aliphatic rings. The van der Waals surface area contributed by atoms with Crippen molar-refractivity contribution < 1.29 is 13.2 Å². The summed E-state index contributed by atoms with van der Waals surface area (Å²) < 4.78 is 36.5. The molecule has 4 heteroatoms. The number of hydrogen-bond acceptors (Lipinski definition) is 0. The van der Waals surface area contributed by atoms with Crippen LogP contribution in [0.3, 0.4) is 0 Å². The van der Waals surface area contributed by atoms with Crippen LogP contribution in [0.25, 0.3) is 0 Å². The van der Waals surface area contributed by atoms with Crippen LogP contribution >= 0.6 is 11.6 Å². The number of alkyl halides is 3. The van der Waals surface area contributed by atoms with Crippen molar-refractivity contribution >= 4 is 11.6 Å². The van der Waals surface area contributed by atoms with Gasteiger partial charge in [-0.15, -0.1) is 0 Å². The lowest BCUT2D eigenvalue weighted by molar-refractivity contribution is -0.160. The predicted molar refractivity (Wildman–Crippen MR) is 41.9 cm³/mol. The van der Waals surface area contributed by atoms with Crippen molar-refractivity contribution in [2.45, 2.75) is 19.5 Å². The minimum Gasteiger partial charge on any atom is -0.170 e. The van der Waals surface area contributed by atoms with Gasteiger partial charge >= 0.3 is 6.18 Å². The number of halogens is 4. The molecule has 0 radical (unpaired) electrons. The van der Waals surface area contributed by atoms with Gasteiger partial charge in [-0.2, -0.15) is 13.2 Å². The second-order valence-corrected chi connectivity index (χ2v) is 3.33. The fourth-order valence-electron chi connectivity index (χ4n) is 1.15. The second-order valence-electron chi connectivity index (χ2n) is 2.89. The van der Waals surface area contributed by atoms with E-state index in [4.69, 9.17) is 11.6 Å². The molecular formula is C8H8ClF3. The zero-order valence-electron chi connectivity index (χ0n) is 6.45. The molecule has 0 aromatic carbocycles. The average molecular weight is 197 g/mol. The molecule has 0 saturated heterocycles. The van der Waals surface area contributed by atoms with Gasteiger partial charge in [0.2, 0.25) is 0 Å². The maximum absolute atomic E-state index is 12.2. The topological polar surface area (TPSA) is 0 Å². The van der Waals surface area contributed by atoms with Gasteiger partial charge in [-0.3, -0.25) is 0 Å². The van der Waals surface area contributed by atoms with Gasteiger partial charge < -0.3 is 0 Å². The summed E-state index contributed by atoms with van der Waals surface area (Å²) >= 11 is 5.50. The van der Waals surface area contributed by atoms with Gasteiger partial charge in [0.15, 0.2) is 0 Å². The Hall–Kier alpha value is -0.440. The Bertz CT molecular complexity index is 237. The van der Waals surface area contributed by atoms with Crippen LogP contribution in [0, 0.1) is 5.92 Å². The van der Waals surface area contributed by atoms with Crippen molar-refractivity contribution in [3.8, 4) is 0 Å². The van der Waals surface area contributed by atoms with E-state index in [9.17, 15) is 13.2 Å². The van der Waals surface area contributed by atoms with Crippen molar-refractivity contribution in [1.82, 2.24) is 0 Å². The summed E-state index contributed by atoms with van der Waals surface area (Å²) in [6, 6.07) is 0. The first-order valence-corrected chi connectivity index (χ1v) is 3.88. The lowest BCUT2D eigenvalue weighted by atomic mass is 9.95. The van der Waals surface area contributed by atoms with Crippen molar-refractivity contribution in [3.05, 3.63) is 22.8 Å². The van der Waals surface area contributed by atoms with Gasteiger partial charge in [0.25, 0.3) is 0 Å². The van der Waals surface area contributed by atoms with Gasteiger partial charge in [0, 0.05) is 5.03 Å². The maximum Gasteiger partial charge on any atom is 0.395 e. The molecular weight excluding hydrogens is 189 g/mol. The first-order valence-electron chi connectivity index (χ1n) is 3.51. The zero-order valence-corrected chi connectivity index (χ0v) is 7.21. The summed E-state index contributed by atoms with van der Waals surface area (Å²) in [5.41, 5.74) is 0.671. The average Bonchev–Trinajstić information content (AvgIpc) is 1.82. The molecule has 0 nitrogen and oxygen atoms in total. The van der Waals surface area contributed by atoms with Gasteiger partial charge in [-0.25, -0.2) is 0 Å². The van der Waals surface area contributed by atoms with Crippen LogP contribution in [0.4, 0.5) is 13.2 Å². The molecule has 0 spiro atoms. The van der Waals surface area contributed by atoms with Gasteiger partial charge in [-0.1, -0.05) is 23.3 Å². The van der Waals surface area contributed by atoms with Gasteiger partial charge in [0.05, 0.1) is 5.92 Å². The highest BCUT2D eigenvalue weighted by Crippen LogP contribution is 2.36. The highest BCUT2D eigenvalue weighted by molar-refractivity contribution is 6.31. The van der Waals surface area contributed by atoms with E-state index in [0.717, 1.165) is 6.08 Å². The Morgan fingerprint density at radius 1 is 1.50 bits per heavy atom. The third kappa shape index (κ3) is 2.27. The molecule has 0 bridgehead atoms. The largest absolute Gasteiger partial charge is 0.395 e. The number of rotatable bonds is 0. The highest BCUT2D eigenvalue weighted by atomic mass is 35.5. The van der Waals surface area contributed by atoms with Crippen molar-refractivity contribution in [2.24, 2.45) is 5.92 Å². The SMILES string of the molecule is CC1=CC(Cl)=CC(C(F)(F)F)C1. The molecule has 0 amide bonds. The van der Waals surface area contributed by atoms with E-state index < -0.39 is 12.1 Å². The quantitative estimate of drug-likeness (QED) is 0.555. The Balaban J connectivity index is 2.81. The van der Waals surface area contributed by atoms with Crippen LogP contribution < -0.4 is 0 Å². The van der Waals surface area contributed by atoms with Gasteiger partial charge in [-0.05, 0) is 19.4 Å². The molecule has 12 heavy (non-hydrogen) atoms. The van der Waals surface area contributed by atoms with E-state index in [0.29, 0.717) is 5.57 Å². The van der Waals surface area contributed by atoms with Crippen molar-refractivity contribution in [3.63, 3.8) is 0 Å². The standard InChI is InChI=1S/C8H8ClF3/c1-5-2-6(8(10,11)12)4-7(9)3-5/h3-4,6H,2H2,1H3. The normalized spacial score (nSPS) is 24.9. The fraction of sp³-hybridized carbons (Fsp3) is 0.500. The minimum absolute atomic E-state index is 0.0275. The number of allylic oxidation sites excluding steroid dienone is 4. The Kier molecular flexibility index (Phi) is 2.52. The molecule has 0 aromatic rings. The lowest BCUT2D eigenvalue weighted by Crippen LogP contribution is -2.22. The molecule has 1 unspecified atom stereocenters. The lowest BCUT2D eigenvalue weighted by Gasteiger charge is -2.20. The smallest absolute Gasteiger partial charge is 0.170 e. The second kappa shape index (κ2) is 3.13. The molecule has 0 N–H and O–H groups in total. The molecule has 0 saturated carbocycles. The first kappa shape index (κ1) is 9.65. The third-order valence-corrected chi connectivity index (χ3v) is 1.94. The molecule has 1 rings (SSSR count). The van der Waals surface area contributed by atoms with Crippen LogP contribution in [-0.2, 0) is 0 Å². The maximum atomic E-state index is 12.2. The van der Waals surface area contributed by atoms with E-state index in [2.05, 4.69) is 0 Å². The molecule has 0 heterocycles. The zero-order chi connectivity index (χ0) is 9.35. The summed E-state index contributed by atoms with van der Waals surface area (Å²) in [6.07, 6.45) is -1.53. The summed E-state index contributed by atoms with van der Waals surface area (Å²) in [7, 11) is 0. The summed E-state index contributed by atoms with van der Waals surface area (Å²) in [5, 5.41) is 0.182. The van der Waals surface area contributed by atoms with Crippen molar-refractivity contribution in [1.29, 1.82) is 0 Å². The van der Waals surface area contributed by atoms with E-state index in [1.54, 1.807) is 13.0 Å². The molecule has 0 aliphatic heterocycles. The van der Waals surface area contributed by atoms with E-state index in [1.165, 1.54) is 0 Å². The predicted octanol–water partition coefficient (Wildman–Crippen LogP) is 3.64. The fourth-order valence-corrected chi connectivity index (χ4v) is 1.49. The van der Waals surface area contributed by atoms with Gasteiger partial charge in [0.1, 0.15) is 0 Å². The van der Waals surface area contributed by atoms with Crippen LogP contribution in [-0.4, -0.2) is 6.18 Å². The number of hydrogen-bond donors (Lipinski definition) is 0. The van der Waals surface area contributed by atoms with E-state index in [-0.39, 0.29) is 11.5 Å². The monoisotopic (exact) mass is 196 g/mol. The molecule has 68 valence electrons. The Morgan fingerprint density at radius 2 is 2.08 bits per heavy atom. The highest BCUT2D eigenvalue weighted by Gasteiger charge is 2.38. The molecule has 1 aliphatic carbocycles. The molecule has 1 atom stereocenters. The summed E-state index contributed by atoms with van der Waals surface area (Å²) in [4.78, 5) is 0. The third-order valence-electron chi connectivity index (χ3n) is 1.71. The Morgan fingerprint density at radius 3 is 2.50 bits per heavy atom. The van der Waals surface area contributed by atoms with Crippen molar-refractivity contribution in [2.75, 3.05) is 0 Å². The van der Waals surface area contributed by atoms with Crippen LogP contribution in [0.2, 0.25) is 0 Å². The first-order chi connectivity index (χ1) is 5.39. The summed E-state index contributed by atoms with van der Waals surface area (Å²) in [5.74, 6) is -1.41. The Labute approximate surface area is 73.7 Å².